The average Bonchev–Trinajstić information content (AvgIpc) is 2.83. The zero-order chi connectivity index (χ0) is 59.9. The van der Waals surface area contributed by atoms with Gasteiger partial charge in [0.25, 0.3) is 23.6 Å². The lowest BCUT2D eigenvalue weighted by Gasteiger charge is -2.34. The minimum atomic E-state index is -0.925. The first-order valence-corrected chi connectivity index (χ1v) is 29.0. The van der Waals surface area contributed by atoms with E-state index in [0.29, 0.717) is 89.7 Å². The van der Waals surface area contributed by atoms with Crippen LogP contribution in [0.25, 0.3) is 11.1 Å². The van der Waals surface area contributed by atoms with Crippen LogP contribution in [0.4, 0.5) is 22.7 Å². The zero-order valence-corrected chi connectivity index (χ0v) is 48.8. The fourth-order valence-electron chi connectivity index (χ4n) is 11.1. The molecule has 0 aromatic heterocycles. The molecule has 21 heteroatoms. The summed E-state index contributed by atoms with van der Waals surface area (Å²) in [5.41, 5.74) is 7.33. The van der Waals surface area contributed by atoms with Crippen LogP contribution in [-0.2, 0) is 24.0 Å². The molecule has 21 nitrogen and oxygen atoms in total. The fourth-order valence-corrected chi connectivity index (χ4v) is 11.1. The molecule has 0 spiro atoms. The first-order chi connectivity index (χ1) is 41.0. The number of piperazine rings is 1. The summed E-state index contributed by atoms with van der Waals surface area (Å²) in [6.45, 7) is 10.0. The summed E-state index contributed by atoms with van der Waals surface area (Å²) in [7, 11) is 5.20. The fraction of sp³-hybridized carbons (Fsp3) is 0.391. The number of imide groups is 1. The summed E-state index contributed by atoms with van der Waals surface area (Å²) in [5.74, 6) is -0.961. The van der Waals surface area contributed by atoms with E-state index >= 15 is 0 Å². The molecule has 85 heavy (non-hydrogen) atoms. The molecule has 1 saturated heterocycles. The molecule has 7 amide bonds. The number of likely N-dealkylation sites (N-methyl/N-ethyl adjacent to an activating group) is 1. The first-order valence-electron chi connectivity index (χ1n) is 29.0. The zero-order valence-electron chi connectivity index (χ0n) is 48.8. The van der Waals surface area contributed by atoms with Crippen LogP contribution in [0.1, 0.15) is 97.6 Å². The average molecular weight is 1160 g/mol. The van der Waals surface area contributed by atoms with E-state index in [2.05, 4.69) is 57.1 Å². The molecule has 0 aliphatic carbocycles. The third-order valence-electron chi connectivity index (χ3n) is 16.1. The van der Waals surface area contributed by atoms with Gasteiger partial charge in [-0.2, -0.15) is 0 Å². The van der Waals surface area contributed by atoms with Crippen LogP contribution in [0.5, 0.6) is 23.0 Å². The van der Waals surface area contributed by atoms with Gasteiger partial charge in [-0.1, -0.05) is 44.5 Å². The largest absolute Gasteiger partial charge is 0.493 e. The first kappa shape index (κ1) is 59.1. The van der Waals surface area contributed by atoms with Crippen molar-refractivity contribution < 1.29 is 52.5 Å². The number of ether oxygens (including phenoxy) is 4. The van der Waals surface area contributed by atoms with Gasteiger partial charge >= 0.3 is 0 Å². The molecule has 4 atom stereocenters. The van der Waals surface area contributed by atoms with Gasteiger partial charge in [0.1, 0.15) is 12.1 Å². The Balaban J connectivity index is 0.682. The van der Waals surface area contributed by atoms with E-state index in [0.717, 1.165) is 48.5 Å². The van der Waals surface area contributed by atoms with Gasteiger partial charge in [0.15, 0.2) is 23.0 Å². The number of anilines is 2. The molecule has 0 radical (unpaired) electrons. The number of carbonyl (C=O) groups is 7. The third kappa shape index (κ3) is 13.5. The Morgan fingerprint density at radius 2 is 1.15 bits per heavy atom. The second kappa shape index (κ2) is 26.2. The topological polar surface area (TPSA) is 233 Å². The number of carbonyl (C=O) groups excluding carboxylic acids is 7. The Labute approximate surface area is 494 Å². The Kier molecular flexibility index (Phi) is 18.2. The van der Waals surface area contributed by atoms with Crippen molar-refractivity contribution in [1.29, 1.82) is 0 Å². The quantitative estimate of drug-likeness (QED) is 0.0489. The van der Waals surface area contributed by atoms with Crippen molar-refractivity contribution in [2.75, 3.05) is 77.4 Å². The monoisotopic (exact) mass is 1160 g/mol. The molecular formula is C64H72N10O11. The second-order valence-electron chi connectivity index (χ2n) is 22.3. The summed E-state index contributed by atoms with van der Waals surface area (Å²) in [6, 6.07) is 20.2. The van der Waals surface area contributed by atoms with Crippen molar-refractivity contribution in [2.24, 2.45) is 15.9 Å². The standard InChI is InChI=1S/C64H72N10O11/c1-39(2)60(69-57(75)11-8-7-9-22-72-58(76)20-21-59(72)77)62(79)67-40(3)61(78)68-45-16-12-41(13-17-45)43-29-47-35-65-51-33-55(53(82-5)31-49(51)63(80)73(47)37-43)84-27-10-28-85-56-34-52-50(32-54(56)83-6)64(81)74-38-44(30-48(74)36-66-52)42-14-18-46(19-15-42)71-25-23-70(4)24-26-71/h12-21,31-40,47-48,60H,7-11,22-30H2,1-6H3,(H,67,79)(H,68,78)(H,69,75)/t40-,47-,48-,60-/m0/s1. The van der Waals surface area contributed by atoms with Crippen molar-refractivity contribution in [3.05, 3.63) is 120 Å². The predicted molar refractivity (Wildman–Crippen MR) is 323 cm³/mol. The number of fused-ring (bicyclic) bond motifs is 4. The molecular weight excluding hydrogens is 1080 g/mol. The smallest absolute Gasteiger partial charge is 0.260 e. The van der Waals surface area contributed by atoms with E-state index in [1.165, 1.54) is 37.0 Å². The number of hydrogen-bond acceptors (Lipinski definition) is 15. The molecule has 0 unspecified atom stereocenters. The highest BCUT2D eigenvalue weighted by Gasteiger charge is 2.36. The van der Waals surface area contributed by atoms with Crippen LogP contribution in [-0.4, -0.2) is 165 Å². The number of benzene rings is 4. The summed E-state index contributed by atoms with van der Waals surface area (Å²) in [5, 5.41) is 8.35. The Hall–Kier alpha value is -9.11. The highest BCUT2D eigenvalue weighted by atomic mass is 16.5. The number of unbranched alkanes of at least 4 members (excludes halogenated alkanes) is 2. The van der Waals surface area contributed by atoms with Crippen molar-refractivity contribution in [3.8, 4) is 23.0 Å². The van der Waals surface area contributed by atoms with Crippen molar-refractivity contribution in [1.82, 2.24) is 30.2 Å². The number of nitrogens with zero attached hydrogens (tertiary/aromatic N) is 7. The van der Waals surface area contributed by atoms with Gasteiger partial charge in [0, 0.05) is 119 Å². The summed E-state index contributed by atoms with van der Waals surface area (Å²) in [6.07, 6.45) is 13.3. The maximum absolute atomic E-state index is 14.2. The van der Waals surface area contributed by atoms with E-state index < -0.39 is 23.9 Å². The van der Waals surface area contributed by atoms with Crippen LogP contribution in [0.3, 0.4) is 0 Å². The molecule has 4 aromatic rings. The Morgan fingerprint density at radius 1 is 0.624 bits per heavy atom. The molecule has 10 rings (SSSR count). The normalized spacial score (nSPS) is 18.7. The second-order valence-corrected chi connectivity index (χ2v) is 22.3. The van der Waals surface area contributed by atoms with Gasteiger partial charge in [-0.05, 0) is 91.4 Å². The molecule has 0 saturated carbocycles. The van der Waals surface area contributed by atoms with Gasteiger partial charge in [0.05, 0.1) is 62.0 Å². The van der Waals surface area contributed by atoms with Crippen molar-refractivity contribution in [3.63, 3.8) is 0 Å². The highest BCUT2D eigenvalue weighted by Crippen LogP contribution is 2.42. The van der Waals surface area contributed by atoms with Gasteiger partial charge in [0.2, 0.25) is 17.7 Å². The van der Waals surface area contributed by atoms with Crippen LogP contribution in [0, 0.1) is 5.92 Å². The Bertz CT molecular complexity index is 3380. The maximum atomic E-state index is 14.2. The molecule has 0 bridgehead atoms. The highest BCUT2D eigenvalue weighted by molar-refractivity contribution is 6.13. The number of rotatable bonds is 23. The van der Waals surface area contributed by atoms with Gasteiger partial charge in [-0.25, -0.2) is 0 Å². The van der Waals surface area contributed by atoms with E-state index in [4.69, 9.17) is 28.9 Å². The molecule has 3 N–H and O–H groups in total. The lowest BCUT2D eigenvalue weighted by Crippen LogP contribution is -2.53. The van der Waals surface area contributed by atoms with Gasteiger partial charge in [-0.15, -0.1) is 0 Å². The summed E-state index contributed by atoms with van der Waals surface area (Å²) < 4.78 is 23.8. The van der Waals surface area contributed by atoms with Gasteiger partial charge in [-0.3, -0.25) is 48.4 Å². The van der Waals surface area contributed by atoms with E-state index in [1.54, 1.807) is 73.2 Å². The van der Waals surface area contributed by atoms with Crippen molar-refractivity contribution in [2.45, 2.75) is 89.9 Å². The van der Waals surface area contributed by atoms with Gasteiger partial charge < -0.3 is 54.5 Å². The third-order valence-corrected chi connectivity index (χ3v) is 16.1. The SMILES string of the molecule is COc1cc2c(cc1OCCCOc1cc3c(cc1OC)C(=O)N1C=C(c4ccc(N5CCN(C)CC5)cc4)C[C@H]1C=N3)N=C[C@@H]1CC(c3ccc(NC(=O)[C@H](C)NC(=O)[C@@H](NC(=O)CCCCCN4C(=O)C=CC4=O)C(C)C)cc3)=CN1C2=O. The predicted octanol–water partition coefficient (Wildman–Crippen LogP) is 7.32. The lowest BCUT2D eigenvalue weighted by molar-refractivity contribution is -0.137. The van der Waals surface area contributed by atoms with Crippen LogP contribution >= 0.6 is 0 Å². The number of methoxy groups -OCH3 is 2. The molecule has 6 heterocycles. The van der Waals surface area contributed by atoms with E-state index in [9.17, 15) is 33.6 Å². The van der Waals surface area contributed by atoms with Crippen LogP contribution < -0.4 is 39.8 Å². The number of amides is 7. The summed E-state index contributed by atoms with van der Waals surface area (Å²) >= 11 is 0. The molecule has 6 aliphatic rings. The molecule has 6 aliphatic heterocycles. The number of hydrogen-bond donors (Lipinski definition) is 3. The van der Waals surface area contributed by atoms with Crippen molar-refractivity contribution >= 4 is 87.7 Å². The lowest BCUT2D eigenvalue weighted by atomic mass is 10.0. The number of nitrogens with one attached hydrogen (secondary N) is 3. The maximum Gasteiger partial charge on any atom is 0.260 e. The molecule has 4 aromatic carbocycles. The Morgan fingerprint density at radius 3 is 1.67 bits per heavy atom. The minimum Gasteiger partial charge on any atom is -0.493 e. The van der Waals surface area contributed by atoms with Crippen LogP contribution in [0.2, 0.25) is 0 Å². The van der Waals surface area contributed by atoms with Crippen LogP contribution in [0.15, 0.2) is 107 Å². The molecule has 1 fully saturated rings. The summed E-state index contributed by atoms with van der Waals surface area (Å²) in [4.78, 5) is 110. The van der Waals surface area contributed by atoms with E-state index in [1.807, 2.05) is 30.7 Å². The number of aliphatic imine (C=N–C) groups is 2. The van der Waals surface area contributed by atoms with E-state index in [-0.39, 0.29) is 73.7 Å². The minimum absolute atomic E-state index is 0.161. The molecule has 444 valence electrons.